The Morgan fingerprint density at radius 3 is 2.64 bits per heavy atom. The lowest BCUT2D eigenvalue weighted by Gasteiger charge is -2.28. The predicted octanol–water partition coefficient (Wildman–Crippen LogP) is 5.62. The third kappa shape index (κ3) is 3.66. The number of halogens is 1. The van der Waals surface area contributed by atoms with Crippen molar-refractivity contribution >= 4 is 17.4 Å². The number of anilines is 1. The van der Waals surface area contributed by atoms with Crippen LogP contribution in [0.4, 0.5) is 10.1 Å². The number of hydrogen-bond donors (Lipinski definition) is 1. The maximum Gasteiger partial charge on any atom is 0.335 e. The van der Waals surface area contributed by atoms with Crippen LogP contribution >= 0.6 is 0 Å². The molecule has 0 aromatic heterocycles. The zero-order valence-electron chi connectivity index (χ0n) is 18.1. The van der Waals surface area contributed by atoms with Gasteiger partial charge >= 0.3 is 5.97 Å². The Morgan fingerprint density at radius 1 is 1.15 bits per heavy atom. The number of rotatable bonds is 3. The van der Waals surface area contributed by atoms with E-state index in [2.05, 4.69) is 6.07 Å². The van der Waals surface area contributed by atoms with Crippen LogP contribution in [0, 0.1) is 30.0 Å². The maximum atomic E-state index is 13.7. The van der Waals surface area contributed by atoms with Crippen LogP contribution in [0.1, 0.15) is 57.1 Å². The van der Waals surface area contributed by atoms with Gasteiger partial charge in [-0.15, -0.1) is 0 Å². The van der Waals surface area contributed by atoms with Crippen molar-refractivity contribution in [1.29, 1.82) is 5.26 Å². The summed E-state index contributed by atoms with van der Waals surface area (Å²) in [5.74, 6) is -1.15. The number of aryl methyl sites for hydroxylation is 2. The molecular weight excluding hydrogens is 417 g/mol. The number of hydrazone groups is 1. The Morgan fingerprint density at radius 2 is 1.94 bits per heavy atom. The molecule has 1 heterocycles. The topological polar surface area (TPSA) is 76.7 Å². The van der Waals surface area contributed by atoms with E-state index in [1.54, 1.807) is 30.3 Å². The van der Waals surface area contributed by atoms with E-state index in [1.807, 2.05) is 30.1 Å². The molecule has 5 nitrogen and oxygen atoms in total. The highest BCUT2D eigenvalue weighted by atomic mass is 19.1. The molecule has 0 spiro atoms. The first-order valence-electron chi connectivity index (χ1n) is 11.0. The third-order valence-corrected chi connectivity index (χ3v) is 6.61. The number of benzene rings is 3. The summed E-state index contributed by atoms with van der Waals surface area (Å²) in [6.07, 6.45) is 2.57. The lowest BCUT2D eigenvalue weighted by molar-refractivity contribution is 0.0696. The summed E-state index contributed by atoms with van der Waals surface area (Å²) >= 11 is 0. The zero-order valence-corrected chi connectivity index (χ0v) is 18.1. The lowest BCUT2D eigenvalue weighted by Crippen LogP contribution is -2.25. The van der Waals surface area contributed by atoms with Gasteiger partial charge in [-0.3, -0.25) is 5.01 Å². The molecule has 0 amide bonds. The van der Waals surface area contributed by atoms with Crippen molar-refractivity contribution in [3.05, 3.63) is 99.9 Å². The molecule has 0 saturated carbocycles. The number of fused-ring (bicyclic) bond motifs is 3. The number of carboxylic acid groups (broad SMARTS) is 1. The molecule has 33 heavy (non-hydrogen) atoms. The Bertz CT molecular complexity index is 1320. The second kappa shape index (κ2) is 8.18. The predicted molar refractivity (Wildman–Crippen MR) is 124 cm³/mol. The molecule has 1 aliphatic heterocycles. The van der Waals surface area contributed by atoms with Gasteiger partial charge in [0, 0.05) is 11.5 Å². The van der Waals surface area contributed by atoms with Gasteiger partial charge in [-0.2, -0.15) is 10.4 Å². The van der Waals surface area contributed by atoms with Crippen LogP contribution in [-0.2, 0) is 6.42 Å². The molecule has 6 heteroatoms. The second-order valence-corrected chi connectivity index (χ2v) is 8.61. The normalized spacial score (nSPS) is 19.2. The van der Waals surface area contributed by atoms with Gasteiger partial charge in [0.05, 0.1) is 34.6 Å². The first kappa shape index (κ1) is 20.9. The highest BCUT2D eigenvalue weighted by molar-refractivity contribution is 6.07. The fourth-order valence-electron chi connectivity index (χ4n) is 4.98. The Labute approximate surface area is 191 Å². The maximum absolute atomic E-state index is 13.7. The van der Waals surface area contributed by atoms with Crippen LogP contribution in [0.15, 0.2) is 65.8 Å². The van der Waals surface area contributed by atoms with Crippen molar-refractivity contribution in [2.24, 2.45) is 11.0 Å². The molecule has 0 bridgehead atoms. The van der Waals surface area contributed by atoms with E-state index in [9.17, 15) is 19.6 Å². The number of carbonyl (C=O) groups is 1. The second-order valence-electron chi connectivity index (χ2n) is 8.61. The number of aromatic carboxylic acids is 1. The van der Waals surface area contributed by atoms with E-state index in [0.29, 0.717) is 5.56 Å². The van der Waals surface area contributed by atoms with Gasteiger partial charge in [0.2, 0.25) is 0 Å². The van der Waals surface area contributed by atoms with E-state index in [0.717, 1.165) is 52.9 Å². The van der Waals surface area contributed by atoms with E-state index in [4.69, 9.17) is 5.10 Å². The van der Waals surface area contributed by atoms with Crippen molar-refractivity contribution in [3.63, 3.8) is 0 Å². The first-order chi connectivity index (χ1) is 16.0. The summed E-state index contributed by atoms with van der Waals surface area (Å²) in [4.78, 5) is 11.5. The van der Waals surface area contributed by atoms with Crippen LogP contribution in [0.5, 0.6) is 0 Å². The fraction of sp³-hybridized carbons (Fsp3) is 0.222. The van der Waals surface area contributed by atoms with Crippen molar-refractivity contribution in [2.75, 3.05) is 5.01 Å². The minimum absolute atomic E-state index is 0.0725. The lowest BCUT2D eigenvalue weighted by atomic mass is 9.85. The summed E-state index contributed by atoms with van der Waals surface area (Å²) in [7, 11) is 0. The molecule has 3 aromatic carbocycles. The fourth-order valence-corrected chi connectivity index (χ4v) is 4.98. The Hall–Kier alpha value is -3.98. The summed E-state index contributed by atoms with van der Waals surface area (Å²) < 4.78 is 13.7. The molecular formula is C27H22FN3O2. The average Bonchev–Trinajstić information content (AvgIpc) is 3.09. The molecule has 164 valence electrons. The molecule has 1 aliphatic carbocycles. The van der Waals surface area contributed by atoms with Crippen LogP contribution < -0.4 is 5.01 Å². The first-order valence-corrected chi connectivity index (χ1v) is 11.0. The van der Waals surface area contributed by atoms with Crippen molar-refractivity contribution in [1.82, 2.24) is 0 Å². The van der Waals surface area contributed by atoms with Crippen molar-refractivity contribution < 1.29 is 14.3 Å². The standard InChI is InChI=1S/C27H22FN3O2/c1-16-13-22(11-7-20(16)15-29)31-26(17-5-9-21(28)10-6-17)24-4-2-3-18-14-19(27(32)33)8-12-23(18)25(24)30-31/h5-14,24,26H,2-4H2,1H3,(H,32,33). The van der Waals surface area contributed by atoms with E-state index >= 15 is 0 Å². The minimum Gasteiger partial charge on any atom is -0.478 e. The van der Waals surface area contributed by atoms with E-state index in [-0.39, 0.29) is 23.3 Å². The van der Waals surface area contributed by atoms with Gasteiger partial charge in [-0.25, -0.2) is 9.18 Å². The molecule has 2 unspecified atom stereocenters. The number of nitriles is 1. The largest absolute Gasteiger partial charge is 0.478 e. The highest BCUT2D eigenvalue weighted by Crippen LogP contribution is 2.45. The van der Waals surface area contributed by atoms with Gasteiger partial charge in [0.1, 0.15) is 5.82 Å². The van der Waals surface area contributed by atoms with Gasteiger partial charge < -0.3 is 5.11 Å². The highest BCUT2D eigenvalue weighted by Gasteiger charge is 2.41. The van der Waals surface area contributed by atoms with Crippen LogP contribution in [0.3, 0.4) is 0 Å². The van der Waals surface area contributed by atoms with Gasteiger partial charge in [0.15, 0.2) is 0 Å². The summed E-state index contributed by atoms with van der Waals surface area (Å²) in [5, 5.41) is 25.8. The van der Waals surface area contributed by atoms with E-state index < -0.39 is 5.97 Å². The molecule has 2 atom stereocenters. The number of nitrogens with zero attached hydrogens (tertiary/aromatic N) is 3. The van der Waals surface area contributed by atoms with E-state index in [1.165, 1.54) is 12.1 Å². The third-order valence-electron chi connectivity index (χ3n) is 6.61. The van der Waals surface area contributed by atoms with Crippen molar-refractivity contribution in [2.45, 2.75) is 32.2 Å². The summed E-state index contributed by atoms with van der Waals surface area (Å²) in [6, 6.07) is 19.5. The van der Waals surface area contributed by atoms with Crippen LogP contribution in [0.25, 0.3) is 0 Å². The van der Waals surface area contributed by atoms with Crippen LogP contribution in [-0.4, -0.2) is 16.8 Å². The molecule has 2 aliphatic rings. The molecule has 0 fully saturated rings. The van der Waals surface area contributed by atoms with Gasteiger partial charge in [-0.1, -0.05) is 18.2 Å². The number of carboxylic acids is 1. The van der Waals surface area contributed by atoms with Crippen molar-refractivity contribution in [3.8, 4) is 6.07 Å². The Balaban J connectivity index is 1.66. The monoisotopic (exact) mass is 439 g/mol. The molecule has 5 rings (SSSR count). The molecule has 0 saturated heterocycles. The van der Waals surface area contributed by atoms with Crippen LogP contribution in [0.2, 0.25) is 0 Å². The van der Waals surface area contributed by atoms with Gasteiger partial charge in [-0.05, 0) is 85.3 Å². The average molecular weight is 439 g/mol. The summed E-state index contributed by atoms with van der Waals surface area (Å²) in [5.41, 5.74) is 6.49. The Kier molecular flexibility index (Phi) is 5.18. The minimum atomic E-state index is -0.939. The molecule has 1 N–H and O–H groups in total. The van der Waals surface area contributed by atoms with Gasteiger partial charge in [0.25, 0.3) is 0 Å². The molecule has 3 aromatic rings. The summed E-state index contributed by atoms with van der Waals surface area (Å²) in [6.45, 7) is 1.90. The quantitative estimate of drug-likeness (QED) is 0.574. The number of hydrogen-bond acceptors (Lipinski definition) is 4. The zero-order chi connectivity index (χ0) is 23.1. The SMILES string of the molecule is Cc1cc(N2N=C3c4ccc(C(=O)O)cc4CCCC3C2c2ccc(F)cc2)ccc1C#N. The smallest absolute Gasteiger partial charge is 0.335 e. The molecule has 0 radical (unpaired) electrons.